The number of carbonyl (C=O) groups excluding carboxylic acids is 2. The van der Waals surface area contributed by atoms with Crippen LogP contribution < -0.4 is 10.6 Å². The number of epoxide rings is 1. The summed E-state index contributed by atoms with van der Waals surface area (Å²) in [5.41, 5.74) is 0. The van der Waals surface area contributed by atoms with Crippen LogP contribution in [0.25, 0.3) is 0 Å². The Hall–Kier alpha value is -1.58. The molecule has 190 valence electrons. The summed E-state index contributed by atoms with van der Waals surface area (Å²) in [6, 6.07) is 0. The number of carbonyl (C=O) groups is 3. The van der Waals surface area contributed by atoms with Crippen LogP contribution in [0.15, 0.2) is 12.2 Å². The second kappa shape index (κ2) is 12.4. The van der Waals surface area contributed by atoms with Gasteiger partial charge in [-0.1, -0.05) is 31.4 Å². The van der Waals surface area contributed by atoms with Crippen LogP contribution in [0.2, 0.25) is 0 Å². The molecule has 1 aliphatic carbocycles. The molecule has 3 heterocycles. The summed E-state index contributed by atoms with van der Waals surface area (Å²) in [7, 11) is 0. The van der Waals surface area contributed by atoms with Crippen molar-refractivity contribution in [3.05, 3.63) is 12.2 Å². The van der Waals surface area contributed by atoms with Crippen molar-refractivity contribution in [1.82, 2.24) is 10.6 Å². The average molecular weight is 495 g/mol. The number of rotatable bonds is 14. The molecule has 4 fully saturated rings. The van der Waals surface area contributed by atoms with Crippen LogP contribution in [0, 0.1) is 17.8 Å². The number of hydrogen-bond donors (Lipinski definition) is 3. The summed E-state index contributed by atoms with van der Waals surface area (Å²) in [5, 5.41) is 14.4. The van der Waals surface area contributed by atoms with Crippen molar-refractivity contribution in [2.45, 2.75) is 82.2 Å². The third kappa shape index (κ3) is 6.98. The third-order valence-electron chi connectivity index (χ3n) is 7.55. The molecule has 1 saturated carbocycles. The van der Waals surface area contributed by atoms with Gasteiger partial charge in [0.2, 0.25) is 11.8 Å². The van der Waals surface area contributed by atoms with Gasteiger partial charge in [-0.05, 0) is 49.7 Å². The first-order valence-corrected chi connectivity index (χ1v) is 14.0. The lowest BCUT2D eigenvalue weighted by molar-refractivity contribution is -0.137. The highest BCUT2D eigenvalue weighted by atomic mass is 32.2. The monoisotopic (exact) mass is 494 g/mol. The summed E-state index contributed by atoms with van der Waals surface area (Å²) >= 11 is 1.67. The van der Waals surface area contributed by atoms with Gasteiger partial charge in [0.05, 0.1) is 24.5 Å². The van der Waals surface area contributed by atoms with E-state index in [-0.39, 0.29) is 61.0 Å². The zero-order chi connectivity index (χ0) is 23.9. The molecule has 0 aromatic rings. The van der Waals surface area contributed by atoms with E-state index in [1.165, 1.54) is 32.1 Å². The van der Waals surface area contributed by atoms with Gasteiger partial charge in [0.15, 0.2) is 0 Å². The first kappa shape index (κ1) is 25.5. The molecule has 8 nitrogen and oxygen atoms in total. The zero-order valence-corrected chi connectivity index (χ0v) is 20.6. The molecule has 3 aliphatic heterocycles. The number of fused-ring (bicyclic) bond motifs is 5. The minimum atomic E-state index is -0.767. The largest absolute Gasteiger partial charge is 0.481 e. The van der Waals surface area contributed by atoms with Gasteiger partial charge in [-0.15, -0.1) is 0 Å². The van der Waals surface area contributed by atoms with Crippen LogP contribution in [-0.2, 0) is 23.9 Å². The molecule has 6 atom stereocenters. The standard InChI is InChI=1S/C25H38N2O6S/c28-19(13-27-20(29)15-34-14-16-8-4-3-5-9-16)26-12-18-17(10-6-1-2-7-11-21(30)31)22-24-25(33-24)23(18)32-22/h1,6,16-18,22-25H,2-5,7-15H2,(H,26,28)(H,27,29)(H,30,31)/b6-1-. The maximum absolute atomic E-state index is 12.4. The van der Waals surface area contributed by atoms with Gasteiger partial charge in [0, 0.05) is 18.9 Å². The van der Waals surface area contributed by atoms with E-state index in [1.807, 2.05) is 6.08 Å². The number of nitrogens with one attached hydrogen (secondary N) is 2. The molecule has 0 aromatic carbocycles. The first-order valence-electron chi connectivity index (χ1n) is 12.8. The lowest BCUT2D eigenvalue weighted by Crippen LogP contribution is -2.44. The number of unbranched alkanes of at least 4 members (excludes halogenated alkanes) is 1. The molecule has 4 aliphatic rings. The highest BCUT2D eigenvalue weighted by molar-refractivity contribution is 7.99. The first-order chi connectivity index (χ1) is 16.5. The van der Waals surface area contributed by atoms with Gasteiger partial charge >= 0.3 is 5.97 Å². The number of aliphatic carboxylic acids is 1. The number of ether oxygens (including phenoxy) is 2. The van der Waals surface area contributed by atoms with Gasteiger partial charge < -0.3 is 25.2 Å². The Labute approximate surface area is 206 Å². The van der Waals surface area contributed by atoms with Crippen LogP contribution in [0.3, 0.4) is 0 Å². The number of allylic oxidation sites excluding steroid dienone is 2. The van der Waals surface area contributed by atoms with Crippen molar-refractivity contribution in [3.63, 3.8) is 0 Å². The molecule has 0 radical (unpaired) electrons. The predicted octanol–water partition coefficient (Wildman–Crippen LogP) is 2.51. The van der Waals surface area contributed by atoms with Crippen LogP contribution in [-0.4, -0.2) is 71.9 Å². The number of carboxylic acid groups (broad SMARTS) is 1. The summed E-state index contributed by atoms with van der Waals surface area (Å²) < 4.78 is 11.9. The molecular formula is C25H38N2O6S. The smallest absolute Gasteiger partial charge is 0.303 e. The van der Waals surface area contributed by atoms with Crippen LogP contribution in [0.4, 0.5) is 0 Å². The lowest BCUT2D eigenvalue weighted by Gasteiger charge is -2.25. The zero-order valence-electron chi connectivity index (χ0n) is 19.8. The molecule has 0 aromatic heterocycles. The molecule has 9 heteroatoms. The topological polar surface area (TPSA) is 117 Å². The number of amides is 2. The highest BCUT2D eigenvalue weighted by Crippen LogP contribution is 2.54. The number of hydrogen-bond acceptors (Lipinski definition) is 6. The summed E-state index contributed by atoms with van der Waals surface area (Å²) in [6.45, 7) is 0.512. The molecule has 2 bridgehead atoms. The Bertz CT molecular complexity index is 756. The van der Waals surface area contributed by atoms with E-state index in [0.29, 0.717) is 18.7 Å². The third-order valence-corrected chi connectivity index (χ3v) is 8.72. The van der Waals surface area contributed by atoms with Crippen LogP contribution in [0.5, 0.6) is 0 Å². The maximum atomic E-state index is 12.4. The molecule has 34 heavy (non-hydrogen) atoms. The van der Waals surface area contributed by atoms with Gasteiger partial charge in [-0.2, -0.15) is 11.8 Å². The molecular weight excluding hydrogens is 456 g/mol. The maximum Gasteiger partial charge on any atom is 0.303 e. The Kier molecular flexibility index (Phi) is 9.31. The molecule has 6 unspecified atom stereocenters. The van der Waals surface area contributed by atoms with E-state index in [1.54, 1.807) is 11.8 Å². The Balaban J connectivity index is 1.12. The number of thioether (sulfide) groups is 1. The van der Waals surface area contributed by atoms with Crippen molar-refractivity contribution in [1.29, 1.82) is 0 Å². The molecule has 3 saturated heterocycles. The van der Waals surface area contributed by atoms with Crippen molar-refractivity contribution < 1.29 is 29.0 Å². The van der Waals surface area contributed by atoms with Crippen molar-refractivity contribution >= 4 is 29.5 Å². The van der Waals surface area contributed by atoms with Gasteiger partial charge in [-0.25, -0.2) is 0 Å². The van der Waals surface area contributed by atoms with Gasteiger partial charge in [-0.3, -0.25) is 14.4 Å². The summed E-state index contributed by atoms with van der Waals surface area (Å²) in [4.78, 5) is 35.1. The average Bonchev–Trinajstić information content (AvgIpc) is 3.45. The van der Waals surface area contributed by atoms with Gasteiger partial charge in [0.25, 0.3) is 0 Å². The van der Waals surface area contributed by atoms with E-state index < -0.39 is 5.97 Å². The second-order valence-electron chi connectivity index (χ2n) is 10.1. The van der Waals surface area contributed by atoms with Crippen LogP contribution >= 0.6 is 11.8 Å². The van der Waals surface area contributed by atoms with E-state index in [2.05, 4.69) is 16.7 Å². The minimum Gasteiger partial charge on any atom is -0.481 e. The van der Waals surface area contributed by atoms with Crippen molar-refractivity contribution in [3.8, 4) is 0 Å². The minimum absolute atomic E-state index is 0.00119. The summed E-state index contributed by atoms with van der Waals surface area (Å²) in [6.07, 6.45) is 13.5. The number of carboxylic acids is 1. The summed E-state index contributed by atoms with van der Waals surface area (Å²) in [5.74, 6) is 1.61. The Morgan fingerprint density at radius 1 is 0.912 bits per heavy atom. The Morgan fingerprint density at radius 3 is 2.41 bits per heavy atom. The van der Waals surface area contributed by atoms with Crippen molar-refractivity contribution in [2.24, 2.45) is 17.8 Å². The fourth-order valence-electron chi connectivity index (χ4n) is 5.69. The Morgan fingerprint density at radius 2 is 1.65 bits per heavy atom. The molecule has 0 spiro atoms. The van der Waals surface area contributed by atoms with E-state index >= 15 is 0 Å². The molecule has 2 amide bonds. The molecule has 3 N–H and O–H groups in total. The van der Waals surface area contributed by atoms with Crippen LogP contribution in [0.1, 0.15) is 57.8 Å². The highest BCUT2D eigenvalue weighted by Gasteiger charge is 2.68. The normalized spacial score (nSPS) is 32.0. The lowest BCUT2D eigenvalue weighted by atomic mass is 9.77. The SMILES string of the molecule is O=C(O)CCC/C=C\CC1C(CNC(=O)CNC(=O)CSCC2CCCCC2)C2OC1C1OC21. The van der Waals surface area contributed by atoms with E-state index in [4.69, 9.17) is 14.6 Å². The van der Waals surface area contributed by atoms with E-state index in [0.717, 1.165) is 24.5 Å². The fraction of sp³-hybridized carbons (Fsp3) is 0.800. The van der Waals surface area contributed by atoms with E-state index in [9.17, 15) is 14.4 Å². The second-order valence-corrected chi connectivity index (χ2v) is 11.1. The predicted molar refractivity (Wildman–Crippen MR) is 129 cm³/mol. The fourth-order valence-corrected chi connectivity index (χ4v) is 6.76. The molecule has 4 rings (SSSR count). The van der Waals surface area contributed by atoms with Crippen molar-refractivity contribution in [2.75, 3.05) is 24.6 Å². The van der Waals surface area contributed by atoms with Gasteiger partial charge in [0.1, 0.15) is 12.2 Å². The quantitative estimate of drug-likeness (QED) is 0.193.